The van der Waals surface area contributed by atoms with Crippen LogP contribution in [0, 0.1) is 36.0 Å². The van der Waals surface area contributed by atoms with E-state index < -0.39 is 0 Å². The van der Waals surface area contributed by atoms with Crippen LogP contribution in [0.25, 0.3) is 0 Å². The van der Waals surface area contributed by atoms with Crippen molar-refractivity contribution in [2.75, 3.05) is 5.32 Å². The number of fused-ring (bicyclic) bond motifs is 2. The van der Waals surface area contributed by atoms with E-state index in [9.17, 15) is 10.1 Å². The fraction of sp³-hybridized carbons (Fsp3) is 0.625. The number of rotatable bonds is 3. The molecule has 2 bridgehead atoms. The molecule has 3 nitrogen and oxygen atoms in total. The number of nitriles is 1. The van der Waals surface area contributed by atoms with Crippen LogP contribution in [0.3, 0.4) is 0 Å². The van der Waals surface area contributed by atoms with Crippen molar-refractivity contribution in [2.45, 2.75) is 46.0 Å². The molecule has 1 aromatic heterocycles. The van der Waals surface area contributed by atoms with Crippen LogP contribution in [0.15, 0.2) is 0 Å². The van der Waals surface area contributed by atoms with Gasteiger partial charge < -0.3 is 5.32 Å². The van der Waals surface area contributed by atoms with Crippen molar-refractivity contribution < 1.29 is 4.79 Å². The average molecular weight is 288 g/mol. The van der Waals surface area contributed by atoms with Crippen molar-refractivity contribution in [3.05, 3.63) is 16.0 Å². The van der Waals surface area contributed by atoms with Gasteiger partial charge in [0.05, 0.1) is 5.56 Å². The molecule has 0 spiro atoms. The van der Waals surface area contributed by atoms with E-state index in [4.69, 9.17) is 0 Å². The third kappa shape index (κ3) is 2.14. The Labute approximate surface area is 124 Å². The molecule has 0 aromatic carbocycles. The van der Waals surface area contributed by atoms with Gasteiger partial charge in [0.15, 0.2) is 0 Å². The van der Waals surface area contributed by atoms with E-state index in [1.165, 1.54) is 19.3 Å². The van der Waals surface area contributed by atoms with Gasteiger partial charge in [-0.15, -0.1) is 11.3 Å². The fourth-order valence-electron chi connectivity index (χ4n) is 3.98. The second-order valence-electron chi connectivity index (χ2n) is 6.08. The number of amides is 1. The van der Waals surface area contributed by atoms with Gasteiger partial charge in [-0.2, -0.15) is 5.26 Å². The third-order valence-corrected chi connectivity index (χ3v) is 6.05. The lowest BCUT2D eigenvalue weighted by molar-refractivity contribution is -0.121. The lowest BCUT2D eigenvalue weighted by atomic mass is 9.88. The summed E-state index contributed by atoms with van der Waals surface area (Å²) in [4.78, 5) is 13.6. The number of carbonyl (C=O) groups excluding carboxylic acids is 1. The van der Waals surface area contributed by atoms with Gasteiger partial charge in [0.25, 0.3) is 0 Å². The number of nitrogens with zero attached hydrogens (tertiary/aromatic N) is 1. The van der Waals surface area contributed by atoms with E-state index in [2.05, 4.69) is 18.3 Å². The lowest BCUT2D eigenvalue weighted by Gasteiger charge is -2.20. The quantitative estimate of drug-likeness (QED) is 0.918. The Morgan fingerprint density at radius 3 is 2.80 bits per heavy atom. The third-order valence-electron chi connectivity index (χ3n) is 4.99. The van der Waals surface area contributed by atoms with Crippen LogP contribution in [-0.4, -0.2) is 5.91 Å². The highest BCUT2D eigenvalue weighted by Crippen LogP contribution is 2.48. The van der Waals surface area contributed by atoms with E-state index in [-0.39, 0.29) is 11.8 Å². The maximum absolute atomic E-state index is 12.5. The molecule has 106 valence electrons. The Bertz CT molecular complexity index is 584. The second kappa shape index (κ2) is 5.21. The van der Waals surface area contributed by atoms with Gasteiger partial charge in [-0.05, 0) is 50.0 Å². The molecule has 20 heavy (non-hydrogen) atoms. The summed E-state index contributed by atoms with van der Waals surface area (Å²) >= 11 is 1.54. The summed E-state index contributed by atoms with van der Waals surface area (Å²) in [5, 5.41) is 13.1. The molecule has 4 heteroatoms. The standard InChI is InChI=1S/C16H20N2OS/c1-3-12-9(2)20-16(14(12)8-17)18-15(19)13-7-10-4-5-11(13)6-10/h10-11,13H,3-7H2,1-2H3,(H,18,19). The Hall–Kier alpha value is -1.34. The minimum absolute atomic E-state index is 0.137. The number of thiophene rings is 1. The van der Waals surface area contributed by atoms with Crippen molar-refractivity contribution in [2.24, 2.45) is 17.8 Å². The molecule has 3 rings (SSSR count). The zero-order valence-corrected chi connectivity index (χ0v) is 12.8. The molecule has 2 aliphatic rings. The summed E-state index contributed by atoms with van der Waals surface area (Å²) in [6, 6.07) is 2.26. The lowest BCUT2D eigenvalue weighted by Crippen LogP contribution is -2.27. The summed E-state index contributed by atoms with van der Waals surface area (Å²) in [6.45, 7) is 4.08. The first-order valence-electron chi connectivity index (χ1n) is 7.47. The highest BCUT2D eigenvalue weighted by molar-refractivity contribution is 7.16. The van der Waals surface area contributed by atoms with E-state index in [0.29, 0.717) is 11.5 Å². The molecule has 0 aliphatic heterocycles. The molecule has 2 saturated carbocycles. The SMILES string of the molecule is CCc1c(C)sc(NC(=O)C2CC3CCC2C3)c1C#N. The maximum Gasteiger partial charge on any atom is 0.228 e. The minimum atomic E-state index is 0.137. The van der Waals surface area contributed by atoms with Gasteiger partial charge >= 0.3 is 0 Å². The number of hydrogen-bond acceptors (Lipinski definition) is 3. The smallest absolute Gasteiger partial charge is 0.228 e. The molecule has 2 aliphatic carbocycles. The summed E-state index contributed by atoms with van der Waals surface area (Å²) in [5.74, 6) is 1.66. The molecule has 3 atom stereocenters. The van der Waals surface area contributed by atoms with Crippen LogP contribution in [0.4, 0.5) is 5.00 Å². The number of anilines is 1. The highest BCUT2D eigenvalue weighted by Gasteiger charge is 2.43. The summed E-state index contributed by atoms with van der Waals surface area (Å²) in [7, 11) is 0. The first kappa shape index (κ1) is 13.6. The van der Waals surface area contributed by atoms with Crippen molar-refractivity contribution in [1.29, 1.82) is 5.26 Å². The topological polar surface area (TPSA) is 52.9 Å². The molecule has 3 unspecified atom stereocenters. The van der Waals surface area contributed by atoms with Crippen LogP contribution in [0.2, 0.25) is 0 Å². The van der Waals surface area contributed by atoms with Crippen LogP contribution in [0.5, 0.6) is 0 Å². The Balaban J connectivity index is 1.78. The first-order chi connectivity index (χ1) is 9.63. The van der Waals surface area contributed by atoms with Gasteiger partial charge in [-0.1, -0.05) is 13.3 Å². The Kier molecular flexibility index (Phi) is 3.55. The molecule has 0 radical (unpaired) electrons. The van der Waals surface area contributed by atoms with Gasteiger partial charge in [0.2, 0.25) is 5.91 Å². The molecule has 2 fully saturated rings. The van der Waals surface area contributed by atoms with Gasteiger partial charge in [-0.25, -0.2) is 0 Å². The van der Waals surface area contributed by atoms with Gasteiger partial charge in [0, 0.05) is 10.8 Å². The van der Waals surface area contributed by atoms with E-state index in [1.54, 1.807) is 11.3 Å². The zero-order chi connectivity index (χ0) is 14.3. The van der Waals surface area contributed by atoms with Crippen LogP contribution in [0.1, 0.15) is 48.6 Å². The molecule has 1 heterocycles. The van der Waals surface area contributed by atoms with Crippen LogP contribution >= 0.6 is 11.3 Å². The summed E-state index contributed by atoms with van der Waals surface area (Å²) < 4.78 is 0. The van der Waals surface area contributed by atoms with Crippen molar-refractivity contribution >= 4 is 22.2 Å². The summed E-state index contributed by atoms with van der Waals surface area (Å²) in [5.41, 5.74) is 1.76. The summed E-state index contributed by atoms with van der Waals surface area (Å²) in [6.07, 6.45) is 5.62. The Morgan fingerprint density at radius 1 is 1.45 bits per heavy atom. The van der Waals surface area contributed by atoms with E-state index >= 15 is 0 Å². The number of aryl methyl sites for hydroxylation is 1. The highest BCUT2D eigenvalue weighted by atomic mass is 32.1. The maximum atomic E-state index is 12.5. The van der Waals surface area contributed by atoms with E-state index in [1.807, 2.05) is 6.92 Å². The number of carbonyl (C=O) groups is 1. The molecule has 0 saturated heterocycles. The number of nitrogens with one attached hydrogen (secondary N) is 1. The predicted molar refractivity (Wildman–Crippen MR) is 80.7 cm³/mol. The monoisotopic (exact) mass is 288 g/mol. The molecule has 1 amide bonds. The normalized spacial score (nSPS) is 27.6. The average Bonchev–Trinajstić information content (AvgIpc) is 3.12. The van der Waals surface area contributed by atoms with E-state index in [0.717, 1.165) is 34.2 Å². The molecule has 1 aromatic rings. The Morgan fingerprint density at radius 2 is 2.25 bits per heavy atom. The van der Waals surface area contributed by atoms with Gasteiger partial charge in [-0.3, -0.25) is 4.79 Å². The van der Waals surface area contributed by atoms with Crippen LogP contribution < -0.4 is 5.32 Å². The molecular formula is C16H20N2OS. The van der Waals surface area contributed by atoms with Crippen molar-refractivity contribution in [3.63, 3.8) is 0 Å². The van der Waals surface area contributed by atoms with Crippen molar-refractivity contribution in [1.82, 2.24) is 0 Å². The minimum Gasteiger partial charge on any atom is -0.316 e. The van der Waals surface area contributed by atoms with Gasteiger partial charge in [0.1, 0.15) is 11.1 Å². The molecular weight excluding hydrogens is 268 g/mol. The predicted octanol–water partition coefficient (Wildman–Crippen LogP) is 3.87. The molecule has 1 N–H and O–H groups in total. The zero-order valence-electron chi connectivity index (χ0n) is 12.0. The fourth-order valence-corrected chi connectivity index (χ4v) is 5.08. The van der Waals surface area contributed by atoms with Crippen molar-refractivity contribution in [3.8, 4) is 6.07 Å². The second-order valence-corrected chi connectivity index (χ2v) is 7.30. The number of hydrogen-bond donors (Lipinski definition) is 1. The first-order valence-corrected chi connectivity index (χ1v) is 8.28. The largest absolute Gasteiger partial charge is 0.316 e. The van der Waals surface area contributed by atoms with Crippen LogP contribution in [-0.2, 0) is 11.2 Å².